The van der Waals surface area contributed by atoms with Gasteiger partial charge in [0.2, 0.25) is 0 Å². The molecule has 0 aromatic rings. The number of sulfone groups is 1. The number of hydrogen-bond donors (Lipinski definition) is 1. The fourth-order valence-electron chi connectivity index (χ4n) is 1.21. The van der Waals surface area contributed by atoms with E-state index in [-0.39, 0.29) is 0 Å². The van der Waals surface area contributed by atoms with Gasteiger partial charge >= 0.3 is 11.9 Å². The lowest BCUT2D eigenvalue weighted by molar-refractivity contribution is -0.151. The van der Waals surface area contributed by atoms with Crippen LogP contribution in [0.4, 0.5) is 0 Å². The Morgan fingerprint density at radius 3 is 1.89 bits per heavy atom. The molecule has 1 N–H and O–H groups in total. The second-order valence-electron chi connectivity index (χ2n) is 5.81. The van der Waals surface area contributed by atoms with Crippen molar-refractivity contribution in [2.24, 2.45) is 5.41 Å². The smallest absolute Gasteiger partial charge is 0.321 e. The maximum atomic E-state index is 11.7. The van der Waals surface area contributed by atoms with Crippen LogP contribution in [-0.4, -0.2) is 42.6 Å². The van der Waals surface area contributed by atoms with Crippen molar-refractivity contribution in [3.05, 3.63) is 0 Å². The Balaban J connectivity index is 4.70. The van der Waals surface area contributed by atoms with E-state index in [1.165, 1.54) is 13.8 Å². The molecule has 0 rings (SSSR count). The lowest BCUT2D eigenvalue weighted by Crippen LogP contribution is -2.36. The largest absolute Gasteiger partial charge is 0.481 e. The van der Waals surface area contributed by atoms with E-state index in [2.05, 4.69) is 0 Å². The highest BCUT2D eigenvalue weighted by molar-refractivity contribution is 7.92. The van der Waals surface area contributed by atoms with Crippen LogP contribution in [0.1, 0.15) is 34.6 Å². The number of aliphatic carboxylic acids is 1. The van der Waals surface area contributed by atoms with Gasteiger partial charge < -0.3 is 9.84 Å². The molecular formula is C11H20O6S. The molecule has 0 fully saturated rings. The highest BCUT2D eigenvalue weighted by atomic mass is 32.2. The molecule has 7 heteroatoms. The van der Waals surface area contributed by atoms with E-state index >= 15 is 0 Å². The third-order valence-electron chi connectivity index (χ3n) is 1.92. The van der Waals surface area contributed by atoms with Gasteiger partial charge in [-0.3, -0.25) is 9.59 Å². The van der Waals surface area contributed by atoms with Crippen molar-refractivity contribution in [1.82, 2.24) is 0 Å². The molecule has 0 aromatic carbocycles. The normalized spacial score (nSPS) is 13.2. The third kappa shape index (κ3) is 6.58. The molecule has 0 heterocycles. The Morgan fingerprint density at radius 2 is 1.56 bits per heavy atom. The SMILES string of the molecule is CC(C)(C)OC(=O)CS(=O)(=O)CC(C)(C)C(=O)O. The number of hydrogen-bond acceptors (Lipinski definition) is 5. The molecule has 0 saturated heterocycles. The predicted octanol–water partition coefficient (Wildman–Crippen LogP) is 0.854. The molecule has 0 unspecified atom stereocenters. The van der Waals surface area contributed by atoms with Crippen molar-refractivity contribution in [2.75, 3.05) is 11.5 Å². The first-order valence-electron chi connectivity index (χ1n) is 5.41. The van der Waals surface area contributed by atoms with E-state index in [1.807, 2.05) is 0 Å². The van der Waals surface area contributed by atoms with E-state index in [4.69, 9.17) is 9.84 Å². The maximum absolute atomic E-state index is 11.7. The predicted molar refractivity (Wildman–Crippen MR) is 65.9 cm³/mol. The van der Waals surface area contributed by atoms with Gasteiger partial charge in [0, 0.05) is 0 Å². The molecule has 0 aliphatic heterocycles. The fraction of sp³-hybridized carbons (Fsp3) is 0.818. The summed E-state index contributed by atoms with van der Waals surface area (Å²) in [6.07, 6.45) is 0. The summed E-state index contributed by atoms with van der Waals surface area (Å²) in [6.45, 7) is 7.46. The van der Waals surface area contributed by atoms with Crippen LogP contribution in [0.5, 0.6) is 0 Å². The number of ether oxygens (including phenoxy) is 1. The van der Waals surface area contributed by atoms with Crippen LogP contribution in [0.15, 0.2) is 0 Å². The standard InChI is InChI=1S/C11H20O6S/c1-10(2,3)17-8(12)6-18(15,16)7-11(4,5)9(13)14/h6-7H2,1-5H3,(H,13,14). The van der Waals surface area contributed by atoms with Gasteiger partial charge in [0.05, 0.1) is 11.2 Å². The minimum atomic E-state index is -3.81. The number of carbonyl (C=O) groups is 2. The average Bonchev–Trinajstić information content (AvgIpc) is 1.94. The van der Waals surface area contributed by atoms with E-state index in [0.717, 1.165) is 0 Å². The summed E-state index contributed by atoms with van der Waals surface area (Å²) in [5.74, 6) is -3.51. The highest BCUT2D eigenvalue weighted by Gasteiger charge is 2.35. The van der Waals surface area contributed by atoms with Crippen LogP contribution < -0.4 is 0 Å². The zero-order chi connectivity index (χ0) is 14.8. The summed E-state index contributed by atoms with van der Waals surface area (Å²) in [5.41, 5.74) is -2.20. The maximum Gasteiger partial charge on any atom is 0.321 e. The Kier molecular flexibility index (Phi) is 4.93. The lowest BCUT2D eigenvalue weighted by Gasteiger charge is -2.21. The zero-order valence-corrected chi connectivity index (χ0v) is 12.1. The van der Waals surface area contributed by atoms with Crippen molar-refractivity contribution in [3.8, 4) is 0 Å². The van der Waals surface area contributed by atoms with Gasteiger partial charge in [-0.15, -0.1) is 0 Å². The minimum Gasteiger partial charge on any atom is -0.481 e. The van der Waals surface area contributed by atoms with Crippen LogP contribution in [0, 0.1) is 5.41 Å². The van der Waals surface area contributed by atoms with Crippen molar-refractivity contribution >= 4 is 21.8 Å². The Hall–Kier alpha value is -1.11. The third-order valence-corrected chi connectivity index (χ3v) is 3.75. The van der Waals surface area contributed by atoms with Crippen LogP contribution in [0.2, 0.25) is 0 Å². The number of carbonyl (C=O) groups excluding carboxylic acids is 1. The van der Waals surface area contributed by atoms with Gasteiger partial charge in [-0.25, -0.2) is 8.42 Å². The number of carboxylic acids is 1. The second-order valence-corrected chi connectivity index (χ2v) is 7.87. The van der Waals surface area contributed by atoms with Crippen molar-refractivity contribution in [1.29, 1.82) is 0 Å². The minimum absolute atomic E-state index is 0.603. The lowest BCUT2D eigenvalue weighted by atomic mass is 9.97. The topological polar surface area (TPSA) is 97.7 Å². The number of esters is 1. The molecule has 0 aliphatic carbocycles. The molecule has 0 saturated carbocycles. The quantitative estimate of drug-likeness (QED) is 0.750. The Labute approximate surface area is 107 Å². The van der Waals surface area contributed by atoms with Gasteiger partial charge in [0.25, 0.3) is 0 Å². The van der Waals surface area contributed by atoms with E-state index in [9.17, 15) is 18.0 Å². The number of carboxylic acid groups (broad SMARTS) is 1. The summed E-state index contributed by atoms with van der Waals surface area (Å²) in [6, 6.07) is 0. The van der Waals surface area contributed by atoms with Gasteiger partial charge in [-0.05, 0) is 34.6 Å². The summed E-state index contributed by atoms with van der Waals surface area (Å²) in [5, 5.41) is 8.84. The first-order chi connectivity index (χ1) is 7.75. The molecule has 106 valence electrons. The summed E-state index contributed by atoms with van der Waals surface area (Å²) in [7, 11) is -3.81. The van der Waals surface area contributed by atoms with Crippen LogP contribution >= 0.6 is 0 Å². The molecule has 0 bridgehead atoms. The molecule has 18 heavy (non-hydrogen) atoms. The van der Waals surface area contributed by atoms with Gasteiger partial charge in [0.15, 0.2) is 9.84 Å². The zero-order valence-electron chi connectivity index (χ0n) is 11.3. The van der Waals surface area contributed by atoms with Crippen LogP contribution in [-0.2, 0) is 24.2 Å². The molecule has 0 atom stereocenters. The van der Waals surface area contributed by atoms with E-state index < -0.39 is 44.3 Å². The summed E-state index contributed by atoms with van der Waals surface area (Å²) in [4.78, 5) is 22.2. The molecular weight excluding hydrogens is 260 g/mol. The molecule has 0 radical (unpaired) electrons. The van der Waals surface area contributed by atoms with E-state index in [0.29, 0.717) is 0 Å². The van der Waals surface area contributed by atoms with Crippen molar-refractivity contribution in [2.45, 2.75) is 40.2 Å². The fourth-order valence-corrected chi connectivity index (χ4v) is 2.96. The van der Waals surface area contributed by atoms with Gasteiger partial charge in [-0.1, -0.05) is 0 Å². The van der Waals surface area contributed by atoms with Gasteiger partial charge in [-0.2, -0.15) is 0 Å². The monoisotopic (exact) mass is 280 g/mol. The molecule has 0 aromatic heterocycles. The Morgan fingerprint density at radius 1 is 1.11 bits per heavy atom. The van der Waals surface area contributed by atoms with E-state index in [1.54, 1.807) is 20.8 Å². The first-order valence-corrected chi connectivity index (χ1v) is 7.23. The van der Waals surface area contributed by atoms with Crippen molar-refractivity contribution in [3.63, 3.8) is 0 Å². The molecule has 0 amide bonds. The first kappa shape index (κ1) is 16.9. The molecule has 6 nitrogen and oxygen atoms in total. The van der Waals surface area contributed by atoms with Crippen molar-refractivity contribution < 1.29 is 27.9 Å². The highest BCUT2D eigenvalue weighted by Crippen LogP contribution is 2.19. The Bertz CT molecular complexity index is 427. The number of rotatable bonds is 5. The van der Waals surface area contributed by atoms with Crippen LogP contribution in [0.25, 0.3) is 0 Å². The second kappa shape index (κ2) is 5.26. The van der Waals surface area contributed by atoms with Gasteiger partial charge in [0.1, 0.15) is 11.4 Å². The summed E-state index contributed by atoms with van der Waals surface area (Å²) >= 11 is 0. The molecule has 0 aliphatic rings. The average molecular weight is 280 g/mol. The van der Waals surface area contributed by atoms with Crippen LogP contribution in [0.3, 0.4) is 0 Å². The summed E-state index contributed by atoms with van der Waals surface area (Å²) < 4.78 is 28.2. The molecule has 0 spiro atoms.